The zero-order valence-corrected chi connectivity index (χ0v) is 16.5. The normalized spacial score (nSPS) is 16.3. The molecule has 0 spiro atoms. The van der Waals surface area contributed by atoms with Crippen LogP contribution in [0.15, 0.2) is 36.4 Å². The SMILES string of the molecule is Cc1cc(C)cc(CNC2CCN(Cc3ccc(Cl)c(Cl)c3)CC2)c1. The Morgan fingerprint density at radius 1 is 0.920 bits per heavy atom. The van der Waals surface area contributed by atoms with Crippen molar-refractivity contribution in [3.05, 3.63) is 68.7 Å². The number of likely N-dealkylation sites (tertiary alicyclic amines) is 1. The summed E-state index contributed by atoms with van der Waals surface area (Å²) in [6.45, 7) is 8.46. The maximum atomic E-state index is 6.12. The van der Waals surface area contributed by atoms with Gasteiger partial charge < -0.3 is 5.32 Å². The van der Waals surface area contributed by atoms with Gasteiger partial charge in [-0.15, -0.1) is 0 Å². The topological polar surface area (TPSA) is 15.3 Å². The molecular weight excluding hydrogens is 351 g/mol. The molecule has 1 fully saturated rings. The lowest BCUT2D eigenvalue weighted by atomic mass is 10.0. The number of nitrogens with one attached hydrogen (secondary N) is 1. The number of hydrogen-bond acceptors (Lipinski definition) is 2. The first-order valence-corrected chi connectivity index (χ1v) is 9.72. The van der Waals surface area contributed by atoms with Gasteiger partial charge in [-0.3, -0.25) is 4.90 Å². The number of rotatable bonds is 5. The maximum absolute atomic E-state index is 6.12. The van der Waals surface area contributed by atoms with E-state index in [1.807, 2.05) is 12.1 Å². The van der Waals surface area contributed by atoms with Gasteiger partial charge in [0, 0.05) is 19.1 Å². The van der Waals surface area contributed by atoms with Gasteiger partial charge in [-0.1, -0.05) is 58.6 Å². The number of piperidine rings is 1. The molecule has 4 heteroatoms. The summed E-state index contributed by atoms with van der Waals surface area (Å²) in [5.74, 6) is 0. The molecule has 1 aliphatic heterocycles. The van der Waals surface area contributed by atoms with E-state index >= 15 is 0 Å². The number of nitrogens with zero attached hydrogens (tertiary/aromatic N) is 1. The third-order valence-corrected chi connectivity index (χ3v) is 5.59. The molecule has 0 unspecified atom stereocenters. The summed E-state index contributed by atoms with van der Waals surface area (Å²) in [4.78, 5) is 2.49. The van der Waals surface area contributed by atoms with Gasteiger partial charge in [0.05, 0.1) is 10.0 Å². The fraction of sp³-hybridized carbons (Fsp3) is 0.429. The minimum absolute atomic E-state index is 0.603. The lowest BCUT2D eigenvalue weighted by Crippen LogP contribution is -2.41. The molecule has 0 saturated carbocycles. The van der Waals surface area contributed by atoms with E-state index in [4.69, 9.17) is 23.2 Å². The Labute approximate surface area is 161 Å². The highest BCUT2D eigenvalue weighted by Gasteiger charge is 2.19. The Morgan fingerprint density at radius 2 is 1.60 bits per heavy atom. The molecule has 1 heterocycles. The van der Waals surface area contributed by atoms with Crippen LogP contribution in [0.25, 0.3) is 0 Å². The summed E-state index contributed by atoms with van der Waals surface area (Å²) >= 11 is 12.1. The van der Waals surface area contributed by atoms with E-state index in [9.17, 15) is 0 Å². The van der Waals surface area contributed by atoms with Gasteiger partial charge in [0.2, 0.25) is 0 Å². The second-order valence-electron chi connectivity index (χ2n) is 7.18. The fourth-order valence-electron chi connectivity index (χ4n) is 3.62. The van der Waals surface area contributed by atoms with Crippen LogP contribution in [0.4, 0.5) is 0 Å². The van der Waals surface area contributed by atoms with E-state index in [0.29, 0.717) is 16.1 Å². The molecule has 3 rings (SSSR count). The molecule has 1 aliphatic rings. The van der Waals surface area contributed by atoms with E-state index in [2.05, 4.69) is 48.3 Å². The number of aryl methyl sites for hydroxylation is 2. The van der Waals surface area contributed by atoms with Gasteiger partial charge >= 0.3 is 0 Å². The predicted molar refractivity (Wildman–Crippen MR) is 108 cm³/mol. The summed E-state index contributed by atoms with van der Waals surface area (Å²) in [6, 6.07) is 13.3. The monoisotopic (exact) mass is 376 g/mol. The highest BCUT2D eigenvalue weighted by atomic mass is 35.5. The van der Waals surface area contributed by atoms with Crippen LogP contribution < -0.4 is 5.32 Å². The molecular formula is C21H26Cl2N2. The Hall–Kier alpha value is -1.06. The van der Waals surface area contributed by atoms with Crippen molar-refractivity contribution < 1.29 is 0 Å². The molecule has 2 aromatic carbocycles. The van der Waals surface area contributed by atoms with Crippen LogP contribution >= 0.6 is 23.2 Å². The first-order valence-electron chi connectivity index (χ1n) is 8.96. The highest BCUT2D eigenvalue weighted by Crippen LogP contribution is 2.24. The highest BCUT2D eigenvalue weighted by molar-refractivity contribution is 6.42. The lowest BCUT2D eigenvalue weighted by Gasteiger charge is -2.32. The molecule has 2 aromatic rings. The molecule has 0 aromatic heterocycles. The van der Waals surface area contributed by atoms with E-state index in [1.165, 1.54) is 35.1 Å². The Balaban J connectivity index is 1.46. The predicted octanol–water partition coefficient (Wildman–Crippen LogP) is 5.36. The van der Waals surface area contributed by atoms with Crippen molar-refractivity contribution in [2.45, 2.75) is 45.8 Å². The Bertz CT molecular complexity index is 702. The average Bonchev–Trinajstić information content (AvgIpc) is 2.57. The molecule has 1 saturated heterocycles. The molecule has 0 radical (unpaired) electrons. The molecule has 0 bridgehead atoms. The van der Waals surface area contributed by atoms with Crippen LogP contribution in [-0.4, -0.2) is 24.0 Å². The molecule has 0 atom stereocenters. The molecule has 25 heavy (non-hydrogen) atoms. The van der Waals surface area contributed by atoms with Gasteiger partial charge in [0.25, 0.3) is 0 Å². The van der Waals surface area contributed by atoms with Crippen molar-refractivity contribution in [2.75, 3.05) is 13.1 Å². The first kappa shape index (κ1) is 18.7. The number of halogens is 2. The van der Waals surface area contributed by atoms with Crippen LogP contribution in [0.5, 0.6) is 0 Å². The zero-order valence-electron chi connectivity index (χ0n) is 15.0. The van der Waals surface area contributed by atoms with Crippen molar-refractivity contribution in [3.8, 4) is 0 Å². The van der Waals surface area contributed by atoms with Gasteiger partial charge in [-0.25, -0.2) is 0 Å². The minimum Gasteiger partial charge on any atom is -0.310 e. The van der Waals surface area contributed by atoms with Crippen molar-refractivity contribution in [1.82, 2.24) is 10.2 Å². The summed E-state index contributed by atoms with van der Waals surface area (Å²) in [6.07, 6.45) is 2.37. The van der Waals surface area contributed by atoms with Gasteiger partial charge in [-0.2, -0.15) is 0 Å². The largest absolute Gasteiger partial charge is 0.310 e. The van der Waals surface area contributed by atoms with Gasteiger partial charge in [-0.05, 0) is 63.0 Å². The summed E-state index contributed by atoms with van der Waals surface area (Å²) in [5, 5.41) is 5.00. The second-order valence-corrected chi connectivity index (χ2v) is 7.99. The molecule has 2 nitrogen and oxygen atoms in total. The molecule has 134 valence electrons. The lowest BCUT2D eigenvalue weighted by molar-refractivity contribution is 0.190. The maximum Gasteiger partial charge on any atom is 0.0595 e. The van der Waals surface area contributed by atoms with Gasteiger partial charge in [0.1, 0.15) is 0 Å². The van der Waals surface area contributed by atoms with Crippen LogP contribution in [-0.2, 0) is 13.1 Å². The van der Waals surface area contributed by atoms with Crippen LogP contribution in [0, 0.1) is 13.8 Å². The van der Waals surface area contributed by atoms with Crippen molar-refractivity contribution in [3.63, 3.8) is 0 Å². The van der Waals surface area contributed by atoms with E-state index in [-0.39, 0.29) is 0 Å². The van der Waals surface area contributed by atoms with Crippen LogP contribution in [0.2, 0.25) is 10.0 Å². The molecule has 1 N–H and O–H groups in total. The van der Waals surface area contributed by atoms with Crippen molar-refractivity contribution in [1.29, 1.82) is 0 Å². The van der Waals surface area contributed by atoms with Crippen LogP contribution in [0.1, 0.15) is 35.1 Å². The van der Waals surface area contributed by atoms with E-state index < -0.39 is 0 Å². The third kappa shape index (κ3) is 5.46. The van der Waals surface area contributed by atoms with Gasteiger partial charge in [0.15, 0.2) is 0 Å². The summed E-state index contributed by atoms with van der Waals surface area (Å²) in [7, 11) is 0. The fourth-order valence-corrected chi connectivity index (χ4v) is 3.95. The molecule has 0 amide bonds. The van der Waals surface area contributed by atoms with E-state index in [0.717, 1.165) is 26.2 Å². The Morgan fingerprint density at radius 3 is 2.24 bits per heavy atom. The smallest absolute Gasteiger partial charge is 0.0595 e. The summed E-state index contributed by atoms with van der Waals surface area (Å²) < 4.78 is 0. The second kappa shape index (κ2) is 8.55. The standard InChI is InChI=1S/C21H26Cl2N2/c1-15-9-16(2)11-18(10-15)13-24-19-5-7-25(8-6-19)14-17-3-4-20(22)21(23)12-17/h3-4,9-12,19,24H,5-8,13-14H2,1-2H3. The quantitative estimate of drug-likeness (QED) is 0.754. The average molecular weight is 377 g/mol. The third-order valence-electron chi connectivity index (χ3n) is 4.85. The van der Waals surface area contributed by atoms with E-state index in [1.54, 1.807) is 0 Å². The van der Waals surface area contributed by atoms with Crippen molar-refractivity contribution >= 4 is 23.2 Å². The Kier molecular flexibility index (Phi) is 6.40. The zero-order chi connectivity index (χ0) is 17.8. The minimum atomic E-state index is 0.603. The number of hydrogen-bond donors (Lipinski definition) is 1. The molecule has 0 aliphatic carbocycles. The first-order chi connectivity index (χ1) is 12.0. The number of benzene rings is 2. The van der Waals surface area contributed by atoms with Crippen LogP contribution in [0.3, 0.4) is 0 Å². The van der Waals surface area contributed by atoms with Crippen molar-refractivity contribution in [2.24, 2.45) is 0 Å². The summed E-state index contributed by atoms with van der Waals surface area (Å²) in [5.41, 5.74) is 5.30.